The van der Waals surface area contributed by atoms with Crippen molar-refractivity contribution >= 4 is 11.9 Å². The summed E-state index contributed by atoms with van der Waals surface area (Å²) in [7, 11) is 1.51. The maximum Gasteiger partial charge on any atom is 0.323 e. The van der Waals surface area contributed by atoms with Gasteiger partial charge in [-0.05, 0) is 30.2 Å². The third kappa shape index (κ3) is 5.71. The Morgan fingerprint density at radius 2 is 1.66 bits per heavy atom. The van der Waals surface area contributed by atoms with Crippen LogP contribution < -0.4 is 9.47 Å². The van der Waals surface area contributed by atoms with E-state index in [1.165, 1.54) is 7.11 Å². The lowest BCUT2D eigenvalue weighted by atomic mass is 9.82. The van der Waals surface area contributed by atoms with E-state index in [0.717, 1.165) is 5.56 Å². The number of rotatable bonds is 12. The van der Waals surface area contributed by atoms with Crippen LogP contribution in [0, 0.1) is 5.41 Å². The molecular formula is C22H26O7. The molecule has 0 aliphatic heterocycles. The number of carboxylic acids is 2. The van der Waals surface area contributed by atoms with Gasteiger partial charge in [0.05, 0.1) is 20.3 Å². The normalized spacial score (nSPS) is 11.1. The quantitative estimate of drug-likeness (QED) is 0.526. The summed E-state index contributed by atoms with van der Waals surface area (Å²) in [6.07, 6.45) is 0.448. The molecule has 0 atom stereocenters. The average Bonchev–Trinajstić information content (AvgIpc) is 2.71. The molecule has 0 aliphatic carbocycles. The maximum absolute atomic E-state index is 11.8. The molecule has 7 nitrogen and oxygen atoms in total. The third-order valence-corrected chi connectivity index (χ3v) is 4.60. The molecule has 2 rings (SSSR count). The number of benzene rings is 2. The number of hydrogen-bond acceptors (Lipinski definition) is 5. The first kappa shape index (κ1) is 22.2. The molecule has 29 heavy (non-hydrogen) atoms. The van der Waals surface area contributed by atoms with E-state index in [0.29, 0.717) is 30.1 Å². The Balaban J connectivity index is 2.20. The zero-order valence-corrected chi connectivity index (χ0v) is 16.6. The Kier molecular flexibility index (Phi) is 8.03. The molecule has 0 heterocycles. The summed E-state index contributed by atoms with van der Waals surface area (Å²) in [4.78, 5) is 23.6. The summed E-state index contributed by atoms with van der Waals surface area (Å²) >= 11 is 0. The second-order valence-corrected chi connectivity index (χ2v) is 6.58. The number of carbonyl (C=O) groups is 2. The molecule has 0 bridgehead atoms. The molecule has 0 radical (unpaired) electrons. The molecule has 0 spiro atoms. The van der Waals surface area contributed by atoms with Crippen molar-refractivity contribution in [1.82, 2.24) is 0 Å². The number of ether oxygens (including phenoxy) is 3. The topological polar surface area (TPSA) is 102 Å². The Bertz CT molecular complexity index is 803. The average molecular weight is 402 g/mol. The zero-order valence-electron chi connectivity index (χ0n) is 16.6. The Morgan fingerprint density at radius 3 is 2.24 bits per heavy atom. The Morgan fingerprint density at radius 1 is 0.966 bits per heavy atom. The first-order valence-corrected chi connectivity index (χ1v) is 9.31. The minimum Gasteiger partial charge on any atom is -0.493 e. The predicted octanol–water partition coefficient (Wildman–Crippen LogP) is 3.05. The van der Waals surface area contributed by atoms with Gasteiger partial charge in [0.15, 0.2) is 16.9 Å². The molecule has 2 aromatic carbocycles. The van der Waals surface area contributed by atoms with E-state index in [1.807, 2.05) is 30.3 Å². The maximum atomic E-state index is 11.8. The standard InChI is InChI=1S/C22H26O7/c1-3-28-15-22(20(23)24,21(25)26)14-17-9-10-18(27-2)19(13-17)29-12-11-16-7-5-4-6-8-16/h4-10,13H,3,11-12,14-15H2,1-2H3,(H,23,24)(H,25,26). The highest BCUT2D eigenvalue weighted by Crippen LogP contribution is 2.32. The summed E-state index contributed by atoms with van der Waals surface area (Å²) in [6, 6.07) is 14.7. The van der Waals surface area contributed by atoms with Crippen molar-refractivity contribution in [2.24, 2.45) is 5.41 Å². The molecular weight excluding hydrogens is 376 g/mol. The fraction of sp³-hybridized carbons (Fsp3) is 0.364. The van der Waals surface area contributed by atoms with Gasteiger partial charge >= 0.3 is 11.9 Å². The van der Waals surface area contributed by atoms with Gasteiger partial charge in [0.2, 0.25) is 0 Å². The van der Waals surface area contributed by atoms with Gasteiger partial charge in [-0.3, -0.25) is 9.59 Å². The van der Waals surface area contributed by atoms with Crippen LogP contribution in [0.1, 0.15) is 18.1 Å². The SMILES string of the molecule is CCOCC(Cc1ccc(OC)c(OCCc2ccccc2)c1)(C(=O)O)C(=O)O. The van der Waals surface area contributed by atoms with Crippen molar-refractivity contribution in [2.75, 3.05) is 26.9 Å². The fourth-order valence-electron chi connectivity index (χ4n) is 2.91. The van der Waals surface area contributed by atoms with Crippen molar-refractivity contribution in [3.8, 4) is 11.5 Å². The molecule has 0 saturated heterocycles. The van der Waals surface area contributed by atoms with Crippen molar-refractivity contribution in [3.63, 3.8) is 0 Å². The molecule has 2 N–H and O–H groups in total. The summed E-state index contributed by atoms with van der Waals surface area (Å²) in [5.41, 5.74) is -0.452. The van der Waals surface area contributed by atoms with Crippen LogP contribution in [0.5, 0.6) is 11.5 Å². The zero-order chi connectivity index (χ0) is 21.3. The van der Waals surface area contributed by atoms with Crippen LogP contribution in [-0.4, -0.2) is 49.1 Å². The molecule has 7 heteroatoms. The van der Waals surface area contributed by atoms with Crippen LogP contribution in [-0.2, 0) is 27.2 Å². The first-order valence-electron chi connectivity index (χ1n) is 9.31. The lowest BCUT2D eigenvalue weighted by Crippen LogP contribution is -2.45. The molecule has 2 aromatic rings. The van der Waals surface area contributed by atoms with Gasteiger partial charge in [-0.1, -0.05) is 36.4 Å². The van der Waals surface area contributed by atoms with Gasteiger partial charge in [0.1, 0.15) is 0 Å². The highest BCUT2D eigenvalue weighted by atomic mass is 16.5. The van der Waals surface area contributed by atoms with Gasteiger partial charge in [-0.25, -0.2) is 0 Å². The van der Waals surface area contributed by atoms with E-state index < -0.39 is 24.0 Å². The first-order chi connectivity index (χ1) is 13.9. The molecule has 0 unspecified atom stereocenters. The summed E-state index contributed by atoms with van der Waals surface area (Å²) in [5.74, 6) is -1.97. The largest absolute Gasteiger partial charge is 0.493 e. The molecule has 156 valence electrons. The van der Waals surface area contributed by atoms with Crippen molar-refractivity contribution in [3.05, 3.63) is 59.7 Å². The molecule has 0 fully saturated rings. The highest BCUT2D eigenvalue weighted by molar-refractivity contribution is 5.98. The lowest BCUT2D eigenvalue weighted by molar-refractivity contribution is -0.169. The number of carboxylic acid groups (broad SMARTS) is 2. The van der Waals surface area contributed by atoms with Crippen LogP contribution in [0.4, 0.5) is 0 Å². The highest BCUT2D eigenvalue weighted by Gasteiger charge is 2.47. The molecule has 0 saturated carbocycles. The van der Waals surface area contributed by atoms with Crippen LogP contribution in [0.2, 0.25) is 0 Å². The monoisotopic (exact) mass is 402 g/mol. The van der Waals surface area contributed by atoms with Crippen molar-refractivity contribution in [2.45, 2.75) is 19.8 Å². The Hall–Kier alpha value is -3.06. The van der Waals surface area contributed by atoms with E-state index in [-0.39, 0.29) is 13.0 Å². The number of hydrogen-bond donors (Lipinski definition) is 2. The number of aliphatic carboxylic acids is 2. The fourth-order valence-corrected chi connectivity index (χ4v) is 2.91. The van der Waals surface area contributed by atoms with E-state index in [1.54, 1.807) is 25.1 Å². The van der Waals surface area contributed by atoms with Gasteiger partial charge < -0.3 is 24.4 Å². The Labute approximate surface area is 169 Å². The third-order valence-electron chi connectivity index (χ3n) is 4.60. The van der Waals surface area contributed by atoms with E-state index in [9.17, 15) is 19.8 Å². The summed E-state index contributed by atoms with van der Waals surface area (Å²) in [6.45, 7) is 1.87. The van der Waals surface area contributed by atoms with E-state index >= 15 is 0 Å². The van der Waals surface area contributed by atoms with Crippen LogP contribution in [0.3, 0.4) is 0 Å². The van der Waals surface area contributed by atoms with Crippen molar-refractivity contribution < 1.29 is 34.0 Å². The van der Waals surface area contributed by atoms with Crippen LogP contribution in [0.15, 0.2) is 48.5 Å². The molecule has 0 amide bonds. The second kappa shape index (κ2) is 10.5. The minimum absolute atomic E-state index is 0.221. The van der Waals surface area contributed by atoms with Crippen LogP contribution >= 0.6 is 0 Å². The minimum atomic E-state index is -2.08. The van der Waals surface area contributed by atoms with E-state index in [4.69, 9.17) is 14.2 Å². The second-order valence-electron chi connectivity index (χ2n) is 6.58. The number of methoxy groups -OCH3 is 1. The van der Waals surface area contributed by atoms with Crippen molar-refractivity contribution in [1.29, 1.82) is 0 Å². The smallest absolute Gasteiger partial charge is 0.323 e. The predicted molar refractivity (Wildman–Crippen MR) is 107 cm³/mol. The lowest BCUT2D eigenvalue weighted by Gasteiger charge is -2.25. The van der Waals surface area contributed by atoms with Gasteiger partial charge in [0.25, 0.3) is 0 Å². The molecule has 0 aromatic heterocycles. The van der Waals surface area contributed by atoms with Gasteiger partial charge in [-0.2, -0.15) is 0 Å². The molecule has 0 aliphatic rings. The van der Waals surface area contributed by atoms with Crippen LogP contribution in [0.25, 0.3) is 0 Å². The van der Waals surface area contributed by atoms with Gasteiger partial charge in [0, 0.05) is 19.4 Å². The summed E-state index contributed by atoms with van der Waals surface area (Å²) in [5, 5.41) is 19.2. The summed E-state index contributed by atoms with van der Waals surface area (Å²) < 4.78 is 16.3. The van der Waals surface area contributed by atoms with E-state index in [2.05, 4.69) is 0 Å². The van der Waals surface area contributed by atoms with Gasteiger partial charge in [-0.15, -0.1) is 0 Å².